The summed E-state index contributed by atoms with van der Waals surface area (Å²) < 4.78 is 0. The highest BCUT2D eigenvalue weighted by molar-refractivity contribution is 5.80. The summed E-state index contributed by atoms with van der Waals surface area (Å²) in [6.45, 7) is 1.92. The molecule has 54 valence electrons. The average Bonchev–Trinajstić information content (AvgIpc) is 1.87. The van der Waals surface area contributed by atoms with Crippen LogP contribution in [0.4, 0.5) is 0 Å². The molecule has 0 aliphatic carbocycles. The van der Waals surface area contributed by atoms with Crippen LogP contribution in [-0.2, 0) is 4.79 Å². The molecular formula is C5H12N2O2. The van der Waals surface area contributed by atoms with Gasteiger partial charge < -0.3 is 5.73 Å². The van der Waals surface area contributed by atoms with Crippen molar-refractivity contribution in [1.82, 2.24) is 5.48 Å². The molecule has 0 bridgehead atoms. The van der Waals surface area contributed by atoms with Gasteiger partial charge in [-0.1, -0.05) is 13.3 Å². The van der Waals surface area contributed by atoms with Crippen LogP contribution in [0, 0.1) is 0 Å². The third-order valence-electron chi connectivity index (χ3n) is 1.05. The van der Waals surface area contributed by atoms with Crippen LogP contribution in [0.2, 0.25) is 0 Å². The largest absolute Gasteiger partial charge is 0.320 e. The Bertz CT molecular complexity index is 95.0. The van der Waals surface area contributed by atoms with Crippen molar-refractivity contribution in [2.45, 2.75) is 25.8 Å². The number of hydroxylamine groups is 1. The second-order valence-electron chi connectivity index (χ2n) is 1.87. The first-order chi connectivity index (χ1) is 4.22. The maximum absolute atomic E-state index is 10.4. The highest BCUT2D eigenvalue weighted by atomic mass is 16.5. The van der Waals surface area contributed by atoms with Crippen LogP contribution in [0.3, 0.4) is 0 Å². The molecule has 0 aliphatic rings. The molecule has 0 unspecified atom stereocenters. The molecule has 0 aromatic rings. The second-order valence-corrected chi connectivity index (χ2v) is 1.87. The smallest absolute Gasteiger partial charge is 0.260 e. The van der Waals surface area contributed by atoms with Crippen molar-refractivity contribution in [3.63, 3.8) is 0 Å². The van der Waals surface area contributed by atoms with E-state index in [2.05, 4.69) is 0 Å². The van der Waals surface area contributed by atoms with Crippen LogP contribution >= 0.6 is 0 Å². The van der Waals surface area contributed by atoms with Crippen molar-refractivity contribution in [1.29, 1.82) is 0 Å². The maximum atomic E-state index is 10.4. The Kier molecular flexibility index (Phi) is 4.00. The van der Waals surface area contributed by atoms with E-state index in [1.165, 1.54) is 5.48 Å². The number of carbonyl (C=O) groups is 1. The molecule has 0 heterocycles. The molecule has 1 amide bonds. The normalized spacial score (nSPS) is 12.8. The minimum Gasteiger partial charge on any atom is -0.320 e. The van der Waals surface area contributed by atoms with Gasteiger partial charge in [0.1, 0.15) is 0 Å². The summed E-state index contributed by atoms with van der Waals surface area (Å²) in [6, 6.07) is -0.569. The third kappa shape index (κ3) is 3.05. The third-order valence-corrected chi connectivity index (χ3v) is 1.05. The quantitative estimate of drug-likeness (QED) is 0.362. The van der Waals surface area contributed by atoms with Gasteiger partial charge >= 0.3 is 0 Å². The Hall–Kier alpha value is -0.610. The van der Waals surface area contributed by atoms with Gasteiger partial charge in [0.15, 0.2) is 0 Å². The van der Waals surface area contributed by atoms with E-state index >= 15 is 0 Å². The van der Waals surface area contributed by atoms with E-state index < -0.39 is 11.9 Å². The number of carbonyl (C=O) groups excluding carboxylic acids is 1. The molecule has 0 saturated carbocycles. The zero-order valence-corrected chi connectivity index (χ0v) is 5.42. The molecule has 4 N–H and O–H groups in total. The highest BCUT2D eigenvalue weighted by Crippen LogP contribution is 1.91. The van der Waals surface area contributed by atoms with Gasteiger partial charge in [-0.05, 0) is 6.42 Å². The summed E-state index contributed by atoms with van der Waals surface area (Å²) in [5.74, 6) is -0.517. The fourth-order valence-corrected chi connectivity index (χ4v) is 0.525. The van der Waals surface area contributed by atoms with Gasteiger partial charge in [-0.2, -0.15) is 0 Å². The molecule has 0 spiro atoms. The number of nitrogens with two attached hydrogens (primary N) is 1. The van der Waals surface area contributed by atoms with Crippen molar-refractivity contribution in [2.75, 3.05) is 0 Å². The molecule has 0 aromatic heterocycles. The Morgan fingerprint density at radius 2 is 2.44 bits per heavy atom. The van der Waals surface area contributed by atoms with Crippen LogP contribution < -0.4 is 11.2 Å². The van der Waals surface area contributed by atoms with Gasteiger partial charge in [-0.25, -0.2) is 5.48 Å². The van der Waals surface area contributed by atoms with Crippen LogP contribution in [0.5, 0.6) is 0 Å². The zero-order valence-electron chi connectivity index (χ0n) is 5.42. The molecule has 9 heavy (non-hydrogen) atoms. The topological polar surface area (TPSA) is 75.4 Å². The van der Waals surface area contributed by atoms with E-state index in [-0.39, 0.29) is 0 Å². The summed E-state index contributed by atoms with van der Waals surface area (Å²) in [5.41, 5.74) is 6.75. The molecule has 0 rings (SSSR count). The van der Waals surface area contributed by atoms with Gasteiger partial charge in [-0.3, -0.25) is 10.0 Å². The van der Waals surface area contributed by atoms with Crippen LogP contribution in [0.25, 0.3) is 0 Å². The van der Waals surface area contributed by atoms with Crippen LogP contribution in [0.1, 0.15) is 19.8 Å². The summed E-state index contributed by atoms with van der Waals surface area (Å²) in [7, 11) is 0. The fraction of sp³-hybridized carbons (Fsp3) is 0.800. The van der Waals surface area contributed by atoms with Crippen molar-refractivity contribution in [3.8, 4) is 0 Å². The molecule has 4 nitrogen and oxygen atoms in total. The monoisotopic (exact) mass is 132 g/mol. The zero-order chi connectivity index (χ0) is 7.28. The van der Waals surface area contributed by atoms with E-state index in [9.17, 15) is 4.79 Å². The SMILES string of the molecule is CCC[C@H](N)C(=O)NO. The highest BCUT2D eigenvalue weighted by Gasteiger charge is 2.09. The summed E-state index contributed by atoms with van der Waals surface area (Å²) in [6.07, 6.45) is 1.45. The lowest BCUT2D eigenvalue weighted by Crippen LogP contribution is -2.38. The average molecular weight is 132 g/mol. The number of rotatable bonds is 3. The lowest BCUT2D eigenvalue weighted by Gasteiger charge is -2.05. The molecule has 0 radical (unpaired) electrons. The van der Waals surface area contributed by atoms with E-state index in [1.54, 1.807) is 0 Å². The number of nitrogens with one attached hydrogen (secondary N) is 1. The van der Waals surface area contributed by atoms with E-state index in [1.807, 2.05) is 6.92 Å². The van der Waals surface area contributed by atoms with Gasteiger partial charge in [0.05, 0.1) is 6.04 Å². The first kappa shape index (κ1) is 8.39. The van der Waals surface area contributed by atoms with E-state index in [0.717, 1.165) is 6.42 Å². The van der Waals surface area contributed by atoms with Crippen molar-refractivity contribution < 1.29 is 10.0 Å². The fourth-order valence-electron chi connectivity index (χ4n) is 0.525. The number of hydrogen-bond donors (Lipinski definition) is 3. The lowest BCUT2D eigenvalue weighted by molar-refractivity contribution is -0.130. The van der Waals surface area contributed by atoms with E-state index in [4.69, 9.17) is 10.9 Å². The standard InChI is InChI=1S/C5H12N2O2/c1-2-3-4(6)5(8)7-9/h4,9H,2-3,6H2,1H3,(H,7,8)/t4-/m0/s1. The molecule has 0 fully saturated rings. The molecule has 4 heteroatoms. The molecule has 0 aromatic carbocycles. The molecule has 0 aliphatic heterocycles. The van der Waals surface area contributed by atoms with Gasteiger partial charge in [0.2, 0.25) is 0 Å². The first-order valence-electron chi connectivity index (χ1n) is 2.92. The second kappa shape index (κ2) is 4.29. The van der Waals surface area contributed by atoms with Crippen molar-refractivity contribution >= 4 is 5.91 Å². The summed E-state index contributed by atoms with van der Waals surface area (Å²) >= 11 is 0. The number of hydrogen-bond acceptors (Lipinski definition) is 3. The van der Waals surface area contributed by atoms with Crippen LogP contribution in [-0.4, -0.2) is 17.2 Å². The number of amides is 1. The summed E-state index contributed by atoms with van der Waals surface area (Å²) in [4.78, 5) is 10.4. The van der Waals surface area contributed by atoms with Gasteiger partial charge in [-0.15, -0.1) is 0 Å². The first-order valence-corrected chi connectivity index (χ1v) is 2.92. The van der Waals surface area contributed by atoms with Crippen molar-refractivity contribution in [2.24, 2.45) is 5.73 Å². The van der Waals surface area contributed by atoms with Gasteiger partial charge in [0, 0.05) is 0 Å². The molecule has 0 saturated heterocycles. The predicted molar refractivity (Wildman–Crippen MR) is 32.8 cm³/mol. The Labute approximate surface area is 54.0 Å². The maximum Gasteiger partial charge on any atom is 0.260 e. The Morgan fingerprint density at radius 1 is 1.89 bits per heavy atom. The minimum absolute atomic E-state index is 0.517. The minimum atomic E-state index is -0.569. The van der Waals surface area contributed by atoms with Gasteiger partial charge in [0.25, 0.3) is 5.91 Å². The Morgan fingerprint density at radius 3 is 2.78 bits per heavy atom. The van der Waals surface area contributed by atoms with Crippen LogP contribution in [0.15, 0.2) is 0 Å². The van der Waals surface area contributed by atoms with E-state index in [0.29, 0.717) is 6.42 Å². The van der Waals surface area contributed by atoms with Crippen molar-refractivity contribution in [3.05, 3.63) is 0 Å². The molecule has 1 atom stereocenters. The lowest BCUT2D eigenvalue weighted by atomic mass is 10.2. The predicted octanol–water partition coefficient (Wildman–Crippen LogP) is -0.381. The summed E-state index contributed by atoms with van der Waals surface area (Å²) in [5, 5.41) is 8.05. The molecular weight excluding hydrogens is 120 g/mol. The Balaban J connectivity index is 3.45.